The van der Waals surface area contributed by atoms with E-state index < -0.39 is 0 Å². The van der Waals surface area contributed by atoms with Crippen LogP contribution < -0.4 is 10.1 Å². The van der Waals surface area contributed by atoms with Gasteiger partial charge in [-0.25, -0.2) is 4.98 Å². The second-order valence-electron chi connectivity index (χ2n) is 5.28. The van der Waals surface area contributed by atoms with Crippen LogP contribution in [0.3, 0.4) is 0 Å². The summed E-state index contributed by atoms with van der Waals surface area (Å²) >= 11 is 6.14. The fraction of sp³-hybridized carbons (Fsp3) is 0.176. The Morgan fingerprint density at radius 2 is 2.17 bits per heavy atom. The van der Waals surface area contributed by atoms with Gasteiger partial charge in [0.05, 0.1) is 5.52 Å². The van der Waals surface area contributed by atoms with Crippen molar-refractivity contribution in [2.45, 2.75) is 13.8 Å². The highest BCUT2D eigenvalue weighted by Gasteiger charge is 2.08. The molecule has 5 nitrogen and oxygen atoms in total. The normalized spacial score (nSPS) is 10.6. The van der Waals surface area contributed by atoms with Gasteiger partial charge in [-0.15, -0.1) is 0 Å². The van der Waals surface area contributed by atoms with E-state index in [9.17, 15) is 0 Å². The van der Waals surface area contributed by atoms with E-state index in [1.165, 1.54) is 5.57 Å². The summed E-state index contributed by atoms with van der Waals surface area (Å²) in [4.78, 5) is 8.77. The molecule has 6 heteroatoms. The van der Waals surface area contributed by atoms with Gasteiger partial charge in [0, 0.05) is 18.6 Å². The molecule has 0 aliphatic rings. The van der Waals surface area contributed by atoms with E-state index in [1.54, 1.807) is 18.3 Å². The summed E-state index contributed by atoms with van der Waals surface area (Å²) in [5, 5.41) is 3.68. The van der Waals surface area contributed by atoms with Gasteiger partial charge in [0.15, 0.2) is 5.82 Å². The number of hydrogen-bond donors (Lipinski definition) is 1. The van der Waals surface area contributed by atoms with Crippen molar-refractivity contribution in [1.82, 2.24) is 14.4 Å². The zero-order valence-electron chi connectivity index (χ0n) is 13.0. The molecule has 1 N–H and O–H groups in total. The van der Waals surface area contributed by atoms with Gasteiger partial charge in [-0.05, 0) is 44.2 Å². The quantitative estimate of drug-likeness (QED) is 0.702. The van der Waals surface area contributed by atoms with Gasteiger partial charge in [-0.1, -0.05) is 17.2 Å². The third-order valence-corrected chi connectivity index (χ3v) is 3.51. The lowest BCUT2D eigenvalue weighted by Crippen LogP contribution is -2.02. The highest BCUT2D eigenvalue weighted by molar-refractivity contribution is 6.31. The van der Waals surface area contributed by atoms with E-state index in [0.29, 0.717) is 23.3 Å². The molecule has 0 fully saturated rings. The van der Waals surface area contributed by atoms with E-state index in [2.05, 4.69) is 15.3 Å². The summed E-state index contributed by atoms with van der Waals surface area (Å²) in [5.74, 6) is 1.75. The first kappa shape index (κ1) is 15.4. The second-order valence-corrected chi connectivity index (χ2v) is 5.68. The highest BCUT2D eigenvalue weighted by atomic mass is 35.5. The van der Waals surface area contributed by atoms with Crippen molar-refractivity contribution in [3.63, 3.8) is 0 Å². The summed E-state index contributed by atoms with van der Waals surface area (Å²) < 4.78 is 7.60. The Hall–Kier alpha value is -2.53. The van der Waals surface area contributed by atoms with E-state index in [0.717, 1.165) is 11.3 Å². The van der Waals surface area contributed by atoms with Crippen LogP contribution in [0.4, 0.5) is 11.6 Å². The maximum Gasteiger partial charge on any atom is 0.234 e. The first-order valence-electron chi connectivity index (χ1n) is 7.25. The smallest absolute Gasteiger partial charge is 0.234 e. The minimum Gasteiger partial charge on any atom is -0.472 e. The molecule has 3 aromatic rings. The lowest BCUT2D eigenvalue weighted by atomic mass is 10.3. The second kappa shape index (κ2) is 6.71. The lowest BCUT2D eigenvalue weighted by Gasteiger charge is -2.10. The number of ether oxygens (including phenoxy) is 1. The summed E-state index contributed by atoms with van der Waals surface area (Å²) in [7, 11) is 0. The van der Waals surface area contributed by atoms with E-state index >= 15 is 0 Å². The lowest BCUT2D eigenvalue weighted by molar-refractivity contribution is 0.348. The van der Waals surface area contributed by atoms with Gasteiger partial charge >= 0.3 is 0 Å². The van der Waals surface area contributed by atoms with Gasteiger partial charge in [0.2, 0.25) is 5.88 Å². The summed E-state index contributed by atoms with van der Waals surface area (Å²) in [6.07, 6.45) is 7.56. The number of nitrogens with one attached hydrogen (secondary N) is 1. The molecule has 118 valence electrons. The summed E-state index contributed by atoms with van der Waals surface area (Å²) in [6.45, 7) is 4.46. The Morgan fingerprint density at radius 3 is 3.00 bits per heavy atom. The summed E-state index contributed by atoms with van der Waals surface area (Å²) in [5.41, 5.74) is 2.15. The number of hydrogen-bond acceptors (Lipinski definition) is 4. The molecule has 0 aliphatic carbocycles. The topological polar surface area (TPSA) is 51.5 Å². The van der Waals surface area contributed by atoms with Crippen LogP contribution in [-0.2, 0) is 0 Å². The molecule has 0 aromatic carbocycles. The van der Waals surface area contributed by atoms with Gasteiger partial charge in [0.1, 0.15) is 17.4 Å². The Kier molecular flexibility index (Phi) is 4.48. The van der Waals surface area contributed by atoms with Crippen molar-refractivity contribution in [3.8, 4) is 5.88 Å². The van der Waals surface area contributed by atoms with E-state index in [4.69, 9.17) is 16.3 Å². The average molecular weight is 329 g/mol. The number of aromatic nitrogens is 3. The molecule has 0 saturated carbocycles. The van der Waals surface area contributed by atoms with Crippen molar-refractivity contribution in [1.29, 1.82) is 0 Å². The fourth-order valence-electron chi connectivity index (χ4n) is 2.07. The molecule has 3 aromatic heterocycles. The van der Waals surface area contributed by atoms with Crippen LogP contribution in [0.5, 0.6) is 5.88 Å². The van der Waals surface area contributed by atoms with Crippen molar-refractivity contribution >= 4 is 28.8 Å². The average Bonchev–Trinajstić information content (AvgIpc) is 2.99. The maximum atomic E-state index is 6.14. The van der Waals surface area contributed by atoms with Gasteiger partial charge in [-0.2, -0.15) is 4.98 Å². The number of halogens is 1. The Labute approximate surface area is 139 Å². The van der Waals surface area contributed by atoms with E-state index in [1.807, 2.05) is 48.9 Å². The van der Waals surface area contributed by atoms with Crippen molar-refractivity contribution < 1.29 is 4.74 Å². The highest BCUT2D eigenvalue weighted by Crippen LogP contribution is 2.26. The number of anilines is 2. The molecule has 0 unspecified atom stereocenters. The number of fused-ring (bicyclic) bond motifs is 1. The maximum absolute atomic E-state index is 6.14. The number of nitrogens with zero attached hydrogens (tertiary/aromatic N) is 3. The number of pyridine rings is 1. The molecule has 3 heterocycles. The van der Waals surface area contributed by atoms with Crippen LogP contribution in [0.15, 0.2) is 54.5 Å². The summed E-state index contributed by atoms with van der Waals surface area (Å²) in [6, 6.07) is 7.50. The van der Waals surface area contributed by atoms with Crippen LogP contribution in [0.2, 0.25) is 5.02 Å². The minimum atomic E-state index is 0.400. The van der Waals surface area contributed by atoms with Crippen LogP contribution in [0, 0.1) is 0 Å². The third kappa shape index (κ3) is 3.63. The van der Waals surface area contributed by atoms with Gasteiger partial charge in [0.25, 0.3) is 0 Å². The molecular weight excluding hydrogens is 312 g/mol. The number of rotatable bonds is 5. The monoisotopic (exact) mass is 328 g/mol. The Morgan fingerprint density at radius 1 is 1.30 bits per heavy atom. The van der Waals surface area contributed by atoms with Crippen LogP contribution >= 0.6 is 11.6 Å². The molecule has 0 spiro atoms. The predicted molar refractivity (Wildman–Crippen MR) is 92.6 cm³/mol. The molecule has 3 rings (SSSR count). The Bertz CT molecular complexity index is 853. The van der Waals surface area contributed by atoms with Crippen LogP contribution in [0.25, 0.3) is 5.52 Å². The molecule has 23 heavy (non-hydrogen) atoms. The third-order valence-electron chi connectivity index (χ3n) is 3.22. The van der Waals surface area contributed by atoms with E-state index in [-0.39, 0.29) is 0 Å². The first-order valence-corrected chi connectivity index (χ1v) is 7.63. The SMILES string of the molecule is CC(C)=CCOc1nc(Nc2nccn3cccc23)ccc1Cl. The minimum absolute atomic E-state index is 0.400. The standard InChI is InChI=1S/C17H17ClN4O/c1-12(2)7-11-23-17-13(18)5-6-15(21-17)20-16-14-4-3-9-22(14)10-8-19-16/h3-10H,11H2,1-2H3,(H,19,20,21). The van der Waals surface area contributed by atoms with Crippen LogP contribution in [-0.4, -0.2) is 21.0 Å². The largest absolute Gasteiger partial charge is 0.472 e. The fourth-order valence-corrected chi connectivity index (χ4v) is 2.23. The molecular formula is C17H17ClN4O. The van der Waals surface area contributed by atoms with Gasteiger partial charge in [-0.3, -0.25) is 0 Å². The van der Waals surface area contributed by atoms with Crippen LogP contribution in [0.1, 0.15) is 13.8 Å². The van der Waals surface area contributed by atoms with Gasteiger partial charge < -0.3 is 14.5 Å². The van der Waals surface area contributed by atoms with Crippen molar-refractivity contribution in [2.75, 3.05) is 11.9 Å². The Balaban J connectivity index is 1.83. The molecule has 0 amide bonds. The predicted octanol–water partition coefficient (Wildman–Crippen LogP) is 4.47. The first-order chi connectivity index (χ1) is 11.1. The van der Waals surface area contributed by atoms with Crippen molar-refractivity contribution in [2.24, 2.45) is 0 Å². The molecule has 0 saturated heterocycles. The molecule has 0 atom stereocenters. The molecule has 0 aliphatic heterocycles. The number of allylic oxidation sites excluding steroid dienone is 1. The van der Waals surface area contributed by atoms with Crippen molar-refractivity contribution in [3.05, 3.63) is 59.5 Å². The molecule has 0 bridgehead atoms. The molecule has 0 radical (unpaired) electrons. The zero-order chi connectivity index (χ0) is 16.2. The zero-order valence-corrected chi connectivity index (χ0v) is 13.7.